The van der Waals surface area contributed by atoms with Crippen molar-refractivity contribution in [3.05, 3.63) is 23.5 Å². The van der Waals surface area contributed by atoms with Crippen molar-refractivity contribution >= 4 is 22.7 Å². The molecule has 2 fully saturated rings. The average Bonchev–Trinajstić information content (AvgIpc) is 3.10. The zero-order chi connectivity index (χ0) is 20.4. The summed E-state index contributed by atoms with van der Waals surface area (Å²) < 4.78 is 19.1. The van der Waals surface area contributed by atoms with Gasteiger partial charge in [0.05, 0.1) is 5.39 Å². The van der Waals surface area contributed by atoms with Crippen LogP contribution in [0.25, 0.3) is 11.0 Å². The monoisotopic (exact) mass is 402 g/mol. The Morgan fingerprint density at radius 3 is 2.62 bits per heavy atom. The molecule has 0 unspecified atom stereocenters. The van der Waals surface area contributed by atoms with Crippen molar-refractivity contribution in [2.75, 3.05) is 37.6 Å². The van der Waals surface area contributed by atoms with E-state index in [0.717, 1.165) is 62.7 Å². The van der Waals surface area contributed by atoms with Gasteiger partial charge in [-0.15, -0.1) is 0 Å². The normalized spacial score (nSPS) is 23.5. The first-order chi connectivity index (χ1) is 14.0. The minimum Gasteiger partial charge on any atom is -0.354 e. The highest BCUT2D eigenvalue weighted by atomic mass is 19.1. The SMILES string of the molecule is CC(=O)N[C@H]1CC[C@H](CCN2CCN(c3noc4cc(F)c(C)cc34)CC2)CC1. The van der Waals surface area contributed by atoms with Crippen LogP contribution in [0.1, 0.15) is 44.6 Å². The lowest BCUT2D eigenvalue weighted by Gasteiger charge is -2.36. The molecule has 0 atom stereocenters. The van der Waals surface area contributed by atoms with E-state index >= 15 is 0 Å². The molecule has 7 heteroatoms. The van der Waals surface area contributed by atoms with Crippen LogP contribution >= 0.6 is 0 Å². The Morgan fingerprint density at radius 1 is 1.21 bits per heavy atom. The summed E-state index contributed by atoms with van der Waals surface area (Å²) in [5.41, 5.74) is 1.13. The maximum atomic E-state index is 13.7. The van der Waals surface area contributed by atoms with Gasteiger partial charge in [-0.1, -0.05) is 5.16 Å². The zero-order valence-corrected chi connectivity index (χ0v) is 17.4. The number of hydrogen-bond acceptors (Lipinski definition) is 5. The minimum atomic E-state index is -0.254. The molecule has 2 heterocycles. The number of carbonyl (C=O) groups is 1. The standard InChI is InChI=1S/C22H31FN4O2/c1-15-13-19-21(14-20(15)23)29-25-22(19)27-11-9-26(10-12-27)8-7-17-3-5-18(6-4-17)24-16(2)28/h13-14,17-18H,3-12H2,1-2H3,(H,24,28)/t17-,18-. The lowest BCUT2D eigenvalue weighted by molar-refractivity contribution is -0.119. The average molecular weight is 403 g/mol. The van der Waals surface area contributed by atoms with Crippen LogP contribution in [0.5, 0.6) is 0 Å². The molecule has 1 saturated heterocycles. The molecular formula is C22H31FN4O2. The number of benzene rings is 1. The molecule has 1 amide bonds. The number of anilines is 1. The van der Waals surface area contributed by atoms with Crippen molar-refractivity contribution in [3.8, 4) is 0 Å². The van der Waals surface area contributed by atoms with Crippen molar-refractivity contribution in [2.45, 2.75) is 52.0 Å². The predicted molar refractivity (Wildman–Crippen MR) is 112 cm³/mol. The van der Waals surface area contributed by atoms with E-state index in [2.05, 4.69) is 20.3 Å². The molecule has 6 nitrogen and oxygen atoms in total. The summed E-state index contributed by atoms with van der Waals surface area (Å²) in [6.07, 6.45) is 5.88. The largest absolute Gasteiger partial charge is 0.354 e. The van der Waals surface area contributed by atoms with Crippen LogP contribution in [0.2, 0.25) is 0 Å². The van der Waals surface area contributed by atoms with Gasteiger partial charge in [0.2, 0.25) is 5.91 Å². The summed E-state index contributed by atoms with van der Waals surface area (Å²) >= 11 is 0. The number of amides is 1. The summed E-state index contributed by atoms with van der Waals surface area (Å²) in [6.45, 7) is 8.35. The van der Waals surface area contributed by atoms with E-state index in [4.69, 9.17) is 4.52 Å². The molecule has 0 bridgehead atoms. The number of nitrogens with zero attached hydrogens (tertiary/aromatic N) is 3. The Bertz CT molecular complexity index is 852. The number of halogens is 1. The molecule has 1 aromatic heterocycles. The summed E-state index contributed by atoms with van der Waals surface area (Å²) in [5, 5.41) is 8.16. The van der Waals surface area contributed by atoms with Crippen LogP contribution in [-0.4, -0.2) is 54.7 Å². The van der Waals surface area contributed by atoms with E-state index in [1.54, 1.807) is 13.8 Å². The molecular weight excluding hydrogens is 371 g/mol. The minimum absolute atomic E-state index is 0.0894. The van der Waals surface area contributed by atoms with E-state index in [0.29, 0.717) is 17.2 Å². The number of hydrogen-bond donors (Lipinski definition) is 1. The van der Waals surface area contributed by atoms with Gasteiger partial charge in [0, 0.05) is 45.2 Å². The van der Waals surface area contributed by atoms with Gasteiger partial charge in [-0.05, 0) is 63.1 Å². The van der Waals surface area contributed by atoms with E-state index < -0.39 is 0 Å². The first-order valence-corrected chi connectivity index (χ1v) is 10.8. The van der Waals surface area contributed by atoms with Crippen molar-refractivity contribution in [2.24, 2.45) is 5.92 Å². The summed E-state index contributed by atoms with van der Waals surface area (Å²) in [4.78, 5) is 16.0. The van der Waals surface area contributed by atoms with Crippen LogP contribution in [0.4, 0.5) is 10.2 Å². The van der Waals surface area contributed by atoms with Crippen molar-refractivity contribution in [1.82, 2.24) is 15.4 Å². The number of nitrogens with one attached hydrogen (secondary N) is 1. The van der Waals surface area contributed by atoms with E-state index in [9.17, 15) is 9.18 Å². The maximum Gasteiger partial charge on any atom is 0.217 e. The smallest absolute Gasteiger partial charge is 0.217 e. The summed E-state index contributed by atoms with van der Waals surface area (Å²) in [5.74, 6) is 1.44. The Labute approximate surface area is 171 Å². The van der Waals surface area contributed by atoms with Gasteiger partial charge < -0.3 is 14.7 Å². The molecule has 1 aliphatic heterocycles. The second-order valence-corrected chi connectivity index (χ2v) is 8.64. The molecule has 1 aliphatic carbocycles. The predicted octanol–water partition coefficient (Wildman–Crippen LogP) is 3.48. The number of piperazine rings is 1. The highest BCUT2D eigenvalue weighted by Crippen LogP contribution is 2.30. The number of aryl methyl sites for hydroxylation is 1. The highest BCUT2D eigenvalue weighted by molar-refractivity contribution is 5.89. The summed E-state index contributed by atoms with van der Waals surface area (Å²) in [7, 11) is 0. The second-order valence-electron chi connectivity index (χ2n) is 8.64. The van der Waals surface area contributed by atoms with Crippen LogP contribution in [0.15, 0.2) is 16.7 Å². The van der Waals surface area contributed by atoms with Gasteiger partial charge in [0.25, 0.3) is 0 Å². The fraction of sp³-hybridized carbons (Fsp3) is 0.636. The Balaban J connectivity index is 1.24. The fourth-order valence-corrected chi connectivity index (χ4v) is 4.71. The first kappa shape index (κ1) is 20.1. The Kier molecular flexibility index (Phi) is 6.04. The number of aromatic nitrogens is 1. The van der Waals surface area contributed by atoms with E-state index in [1.165, 1.54) is 25.3 Å². The lowest BCUT2D eigenvalue weighted by atomic mass is 9.84. The maximum absolute atomic E-state index is 13.7. The van der Waals surface area contributed by atoms with Gasteiger partial charge in [0.1, 0.15) is 5.82 Å². The fourth-order valence-electron chi connectivity index (χ4n) is 4.71. The molecule has 29 heavy (non-hydrogen) atoms. The number of fused-ring (bicyclic) bond motifs is 1. The van der Waals surface area contributed by atoms with Crippen molar-refractivity contribution in [3.63, 3.8) is 0 Å². The van der Waals surface area contributed by atoms with E-state index in [1.807, 2.05) is 6.07 Å². The molecule has 0 spiro atoms. The molecule has 2 aliphatic rings. The topological polar surface area (TPSA) is 61.6 Å². The third-order valence-corrected chi connectivity index (χ3v) is 6.51. The van der Waals surface area contributed by atoms with Gasteiger partial charge in [-0.2, -0.15) is 0 Å². The molecule has 158 valence electrons. The Hall–Kier alpha value is -2.15. The van der Waals surface area contributed by atoms with Crippen LogP contribution in [-0.2, 0) is 4.79 Å². The number of rotatable bonds is 5. The van der Waals surface area contributed by atoms with Gasteiger partial charge in [-0.25, -0.2) is 4.39 Å². The van der Waals surface area contributed by atoms with Gasteiger partial charge in [0.15, 0.2) is 11.4 Å². The Morgan fingerprint density at radius 2 is 1.93 bits per heavy atom. The van der Waals surface area contributed by atoms with Gasteiger partial charge in [-0.3, -0.25) is 9.69 Å². The number of carbonyl (C=O) groups excluding carboxylic acids is 1. The van der Waals surface area contributed by atoms with Crippen LogP contribution in [0.3, 0.4) is 0 Å². The van der Waals surface area contributed by atoms with E-state index in [-0.39, 0.29) is 11.7 Å². The van der Waals surface area contributed by atoms with Crippen LogP contribution < -0.4 is 10.2 Å². The van der Waals surface area contributed by atoms with Gasteiger partial charge >= 0.3 is 0 Å². The molecule has 1 aromatic carbocycles. The second kappa shape index (κ2) is 8.69. The summed E-state index contributed by atoms with van der Waals surface area (Å²) in [6, 6.07) is 3.64. The van der Waals surface area contributed by atoms with Crippen LogP contribution in [0, 0.1) is 18.7 Å². The zero-order valence-electron chi connectivity index (χ0n) is 17.4. The molecule has 2 aromatic rings. The quantitative estimate of drug-likeness (QED) is 0.830. The molecule has 0 radical (unpaired) electrons. The lowest BCUT2D eigenvalue weighted by Crippen LogP contribution is -2.47. The first-order valence-electron chi connectivity index (χ1n) is 10.8. The third-order valence-electron chi connectivity index (χ3n) is 6.51. The third kappa shape index (κ3) is 4.71. The molecule has 1 N–H and O–H groups in total. The highest BCUT2D eigenvalue weighted by Gasteiger charge is 2.25. The molecule has 1 saturated carbocycles. The van der Waals surface area contributed by atoms with Crippen molar-refractivity contribution < 1.29 is 13.7 Å². The van der Waals surface area contributed by atoms with Crippen molar-refractivity contribution in [1.29, 1.82) is 0 Å². The molecule has 4 rings (SSSR count).